The zero-order chi connectivity index (χ0) is 16.5. The SMILES string of the molecule is Cc1ccc([C@@H](C)C(=O)N2CCC(N(C)S(C)(=O)=O)CC2)s1. The summed E-state index contributed by atoms with van der Waals surface area (Å²) in [5.74, 6) is 0.0187. The van der Waals surface area contributed by atoms with E-state index in [0.29, 0.717) is 25.9 Å². The third-order valence-electron chi connectivity index (χ3n) is 4.37. The molecule has 0 aliphatic carbocycles. The van der Waals surface area contributed by atoms with Crippen LogP contribution in [0.2, 0.25) is 0 Å². The van der Waals surface area contributed by atoms with E-state index in [9.17, 15) is 13.2 Å². The number of piperidine rings is 1. The van der Waals surface area contributed by atoms with Gasteiger partial charge >= 0.3 is 0 Å². The van der Waals surface area contributed by atoms with Crippen molar-refractivity contribution in [3.63, 3.8) is 0 Å². The first-order valence-corrected chi connectivity index (χ1v) is 10.1. The van der Waals surface area contributed by atoms with Crippen molar-refractivity contribution in [2.75, 3.05) is 26.4 Å². The highest BCUT2D eigenvalue weighted by Crippen LogP contribution is 2.27. The van der Waals surface area contributed by atoms with Crippen LogP contribution in [0.15, 0.2) is 12.1 Å². The Labute approximate surface area is 137 Å². The minimum absolute atomic E-state index is 0.00154. The number of hydrogen-bond donors (Lipinski definition) is 0. The normalized spacial score (nSPS) is 18.7. The summed E-state index contributed by atoms with van der Waals surface area (Å²) in [7, 11) is -1.55. The molecule has 0 saturated carbocycles. The summed E-state index contributed by atoms with van der Waals surface area (Å²) in [4.78, 5) is 16.8. The maximum Gasteiger partial charge on any atom is 0.230 e. The number of carbonyl (C=O) groups is 1. The first kappa shape index (κ1) is 17.4. The van der Waals surface area contributed by atoms with Crippen LogP contribution in [0.4, 0.5) is 0 Å². The van der Waals surface area contributed by atoms with Gasteiger partial charge in [0.15, 0.2) is 0 Å². The highest BCUT2D eigenvalue weighted by Gasteiger charge is 2.31. The van der Waals surface area contributed by atoms with Gasteiger partial charge in [-0.3, -0.25) is 4.79 Å². The molecule has 2 rings (SSSR count). The number of carbonyl (C=O) groups excluding carboxylic acids is 1. The molecule has 0 unspecified atom stereocenters. The monoisotopic (exact) mass is 344 g/mol. The Kier molecular flexibility index (Phi) is 5.29. The Morgan fingerprint density at radius 3 is 2.41 bits per heavy atom. The number of aryl methyl sites for hydroxylation is 1. The summed E-state index contributed by atoms with van der Waals surface area (Å²) >= 11 is 1.66. The standard InChI is InChI=1S/C15H24N2O3S2/c1-11-5-6-14(21-11)12(2)15(18)17-9-7-13(8-10-17)16(3)22(4,19)20/h5-6,12-13H,7-10H2,1-4H3/t12-/m1/s1. The second kappa shape index (κ2) is 6.68. The first-order valence-electron chi connectivity index (χ1n) is 7.48. The molecule has 1 fully saturated rings. The first-order chi connectivity index (χ1) is 10.2. The number of sulfonamides is 1. The van der Waals surface area contributed by atoms with E-state index >= 15 is 0 Å². The van der Waals surface area contributed by atoms with Crippen molar-refractivity contribution in [3.05, 3.63) is 21.9 Å². The summed E-state index contributed by atoms with van der Waals surface area (Å²) in [6, 6.07) is 4.06. The minimum Gasteiger partial charge on any atom is -0.342 e. The van der Waals surface area contributed by atoms with Gasteiger partial charge < -0.3 is 4.90 Å². The van der Waals surface area contributed by atoms with Gasteiger partial charge in [0.1, 0.15) is 0 Å². The number of thiophene rings is 1. The molecular weight excluding hydrogens is 320 g/mol. The van der Waals surface area contributed by atoms with Crippen LogP contribution < -0.4 is 0 Å². The highest BCUT2D eigenvalue weighted by molar-refractivity contribution is 7.88. The molecule has 1 saturated heterocycles. The van der Waals surface area contributed by atoms with Crippen LogP contribution in [0.1, 0.15) is 35.4 Å². The van der Waals surface area contributed by atoms with Crippen molar-refractivity contribution < 1.29 is 13.2 Å². The van der Waals surface area contributed by atoms with Crippen LogP contribution in [-0.4, -0.2) is 56.0 Å². The Morgan fingerprint density at radius 1 is 1.36 bits per heavy atom. The van der Waals surface area contributed by atoms with E-state index in [1.54, 1.807) is 18.4 Å². The van der Waals surface area contributed by atoms with Crippen molar-refractivity contribution in [2.45, 2.75) is 38.6 Å². The Morgan fingerprint density at radius 2 is 1.95 bits per heavy atom. The molecule has 5 nitrogen and oxygen atoms in total. The number of rotatable bonds is 4. The molecule has 22 heavy (non-hydrogen) atoms. The van der Waals surface area contributed by atoms with Crippen LogP contribution in [-0.2, 0) is 14.8 Å². The zero-order valence-corrected chi connectivity index (χ0v) is 15.2. The van der Waals surface area contributed by atoms with Gasteiger partial charge in [-0.1, -0.05) is 0 Å². The molecule has 2 heterocycles. The molecule has 1 aromatic heterocycles. The Hall–Kier alpha value is -0.920. The van der Waals surface area contributed by atoms with Crippen LogP contribution in [0, 0.1) is 6.92 Å². The molecule has 7 heteroatoms. The van der Waals surface area contributed by atoms with E-state index < -0.39 is 10.0 Å². The summed E-state index contributed by atoms with van der Waals surface area (Å²) in [5.41, 5.74) is 0. The summed E-state index contributed by atoms with van der Waals surface area (Å²) < 4.78 is 24.6. The Balaban J connectivity index is 1.95. The van der Waals surface area contributed by atoms with Gasteiger partial charge in [0.2, 0.25) is 15.9 Å². The third kappa shape index (κ3) is 3.88. The predicted molar refractivity (Wildman–Crippen MR) is 89.7 cm³/mol. The number of amides is 1. The van der Waals surface area contributed by atoms with Crippen molar-refractivity contribution in [1.82, 2.24) is 9.21 Å². The molecule has 0 bridgehead atoms. The largest absolute Gasteiger partial charge is 0.342 e. The van der Waals surface area contributed by atoms with E-state index in [0.717, 1.165) is 4.88 Å². The van der Waals surface area contributed by atoms with E-state index in [-0.39, 0.29) is 17.9 Å². The van der Waals surface area contributed by atoms with Crippen LogP contribution >= 0.6 is 11.3 Å². The van der Waals surface area contributed by atoms with E-state index in [2.05, 4.69) is 0 Å². The molecule has 1 aromatic rings. The molecular formula is C15H24N2O3S2. The molecule has 1 aliphatic rings. The molecule has 0 aromatic carbocycles. The fraction of sp³-hybridized carbons (Fsp3) is 0.667. The van der Waals surface area contributed by atoms with Crippen molar-refractivity contribution in [1.29, 1.82) is 0 Å². The third-order valence-corrected chi connectivity index (χ3v) is 6.90. The Bertz CT molecular complexity index is 631. The average molecular weight is 345 g/mol. The van der Waals surface area contributed by atoms with E-state index in [4.69, 9.17) is 0 Å². The lowest BCUT2D eigenvalue weighted by molar-refractivity contribution is -0.133. The lowest BCUT2D eigenvalue weighted by atomic mass is 10.0. The van der Waals surface area contributed by atoms with Crippen molar-refractivity contribution >= 4 is 27.3 Å². The van der Waals surface area contributed by atoms with E-state index in [1.807, 2.05) is 30.9 Å². The topological polar surface area (TPSA) is 57.7 Å². The predicted octanol–water partition coefficient (Wildman–Crippen LogP) is 2.04. The van der Waals surface area contributed by atoms with Crippen LogP contribution in [0.25, 0.3) is 0 Å². The zero-order valence-electron chi connectivity index (χ0n) is 13.6. The number of nitrogens with zero attached hydrogens (tertiary/aromatic N) is 2. The molecule has 1 atom stereocenters. The molecule has 0 spiro atoms. The minimum atomic E-state index is -3.17. The second-order valence-electron chi connectivity index (χ2n) is 6.01. The van der Waals surface area contributed by atoms with Gasteiger partial charge in [0.05, 0.1) is 12.2 Å². The molecule has 124 valence electrons. The fourth-order valence-electron chi connectivity index (χ4n) is 2.80. The van der Waals surface area contributed by atoms with Crippen LogP contribution in [0.5, 0.6) is 0 Å². The second-order valence-corrected chi connectivity index (χ2v) is 9.37. The van der Waals surface area contributed by atoms with Crippen LogP contribution in [0.3, 0.4) is 0 Å². The molecule has 1 amide bonds. The summed E-state index contributed by atoms with van der Waals surface area (Å²) in [6.07, 6.45) is 2.63. The average Bonchev–Trinajstić information content (AvgIpc) is 2.90. The lowest BCUT2D eigenvalue weighted by Crippen LogP contribution is -2.47. The summed E-state index contributed by atoms with van der Waals surface area (Å²) in [6.45, 7) is 5.23. The molecule has 0 N–H and O–H groups in total. The van der Waals surface area contributed by atoms with Gasteiger partial charge in [0, 0.05) is 35.9 Å². The molecule has 1 aliphatic heterocycles. The number of hydrogen-bond acceptors (Lipinski definition) is 4. The van der Waals surface area contributed by atoms with E-state index in [1.165, 1.54) is 15.4 Å². The van der Waals surface area contributed by atoms with Gasteiger partial charge in [-0.15, -0.1) is 11.3 Å². The smallest absolute Gasteiger partial charge is 0.230 e. The number of likely N-dealkylation sites (tertiary alicyclic amines) is 1. The maximum absolute atomic E-state index is 12.6. The van der Waals surface area contributed by atoms with Crippen molar-refractivity contribution in [2.24, 2.45) is 0 Å². The molecule has 0 radical (unpaired) electrons. The fourth-order valence-corrected chi connectivity index (χ4v) is 4.48. The summed E-state index contributed by atoms with van der Waals surface area (Å²) in [5, 5.41) is 0. The quantitative estimate of drug-likeness (QED) is 0.840. The lowest BCUT2D eigenvalue weighted by Gasteiger charge is -2.36. The highest BCUT2D eigenvalue weighted by atomic mass is 32.2. The van der Waals surface area contributed by atoms with Crippen molar-refractivity contribution in [3.8, 4) is 0 Å². The maximum atomic E-state index is 12.6. The van der Waals surface area contributed by atoms with Gasteiger partial charge in [-0.25, -0.2) is 12.7 Å². The van der Waals surface area contributed by atoms with Gasteiger partial charge in [0.25, 0.3) is 0 Å². The van der Waals surface area contributed by atoms with Gasteiger partial charge in [-0.05, 0) is 38.8 Å². The van der Waals surface area contributed by atoms with Gasteiger partial charge in [-0.2, -0.15) is 0 Å².